The van der Waals surface area contributed by atoms with E-state index in [1.54, 1.807) is 42.6 Å². The molecular formula is C45H50ClFN8O5. The monoisotopic (exact) mass is 836 g/mol. The van der Waals surface area contributed by atoms with Crippen LogP contribution in [0.1, 0.15) is 75.3 Å². The number of piperidine rings is 2. The zero-order chi connectivity index (χ0) is 42.5. The predicted molar refractivity (Wildman–Crippen MR) is 227 cm³/mol. The summed E-state index contributed by atoms with van der Waals surface area (Å²) in [4.78, 5) is 57.6. The Labute approximate surface area is 353 Å². The molecule has 0 unspecified atom stereocenters. The minimum atomic E-state index is -0.799. The molecule has 4 aromatic rings. The standard InChI is InChI=1S/C45H50ClFN8O5/c1-44(2)42(45(3,4)43(44)60-32-8-5-29(24-48)34(46)23-32)51-39(57)28-6-10-36(35(47)22-28)54-15-13-27(14-16-54)26-52-17-19-53(20-18-52)31-7-9-33-30(21-31)25-49-55(41(33)59)37-11-12-38(56)50-40(37)58/h5-10,21-23,25,27,37,42-43H,11-20,26H2,1-4H3,(H,51,57)(H,50,56,58)/t37-,42-,43-/m1/s1. The SMILES string of the molecule is CC1(C)[C@H](NC(=O)c2ccc(N3CCC(CN4CCN(c5ccc6c(=O)n([C@@H]7CCC(=O)NC7=O)ncc6c5)CC4)CC3)c(F)c2)C(C)(C)[C@H]1Oc1ccc(C#N)c(Cl)c1. The number of carbonyl (C=O) groups excluding carboxylic acids is 3. The quantitative estimate of drug-likeness (QED) is 0.201. The highest BCUT2D eigenvalue weighted by Gasteiger charge is 2.64. The van der Waals surface area contributed by atoms with Gasteiger partial charge in [0.1, 0.15) is 29.8 Å². The van der Waals surface area contributed by atoms with Crippen LogP contribution in [0.5, 0.6) is 5.75 Å². The first-order valence-electron chi connectivity index (χ1n) is 20.7. The number of amides is 3. The number of nitrogens with zero attached hydrogens (tertiary/aromatic N) is 6. The van der Waals surface area contributed by atoms with Crippen molar-refractivity contribution in [3.8, 4) is 11.8 Å². The van der Waals surface area contributed by atoms with Gasteiger partial charge < -0.3 is 19.9 Å². The number of imide groups is 1. The summed E-state index contributed by atoms with van der Waals surface area (Å²) < 4.78 is 23.2. The van der Waals surface area contributed by atoms with Crippen LogP contribution in [0.15, 0.2) is 65.6 Å². The molecule has 4 aliphatic rings. The number of anilines is 2. The maximum absolute atomic E-state index is 15.7. The molecule has 13 nitrogen and oxygen atoms in total. The first-order chi connectivity index (χ1) is 28.6. The minimum Gasteiger partial charge on any atom is -0.489 e. The average Bonchev–Trinajstić information content (AvgIpc) is 3.22. The fraction of sp³-hybridized carbons (Fsp3) is 0.467. The molecule has 1 atom stereocenters. The lowest BCUT2D eigenvalue weighted by Crippen LogP contribution is -2.74. The van der Waals surface area contributed by atoms with E-state index in [2.05, 4.69) is 36.5 Å². The highest BCUT2D eigenvalue weighted by atomic mass is 35.5. The van der Waals surface area contributed by atoms with Gasteiger partial charge in [0.25, 0.3) is 17.4 Å². The largest absolute Gasteiger partial charge is 0.489 e. The number of fused-ring (bicyclic) bond motifs is 1. The van der Waals surface area contributed by atoms with Gasteiger partial charge in [-0.25, -0.2) is 9.07 Å². The minimum absolute atomic E-state index is 0.170. The third-order valence-corrected chi connectivity index (χ3v) is 13.5. The summed E-state index contributed by atoms with van der Waals surface area (Å²) in [6, 6.07) is 16.5. The van der Waals surface area contributed by atoms with Gasteiger partial charge in [0.05, 0.1) is 27.9 Å². The molecule has 0 radical (unpaired) electrons. The number of halogens is 2. The number of rotatable bonds is 9. The van der Waals surface area contributed by atoms with E-state index in [9.17, 15) is 24.4 Å². The Kier molecular flexibility index (Phi) is 11.1. The number of ether oxygens (including phenoxy) is 1. The Balaban J connectivity index is 0.808. The average molecular weight is 837 g/mol. The molecule has 3 saturated heterocycles. The molecule has 3 amide bonds. The van der Waals surface area contributed by atoms with E-state index >= 15 is 4.39 Å². The summed E-state index contributed by atoms with van der Waals surface area (Å²) in [5.74, 6) is -0.534. The molecule has 15 heteroatoms. The molecule has 0 spiro atoms. The second kappa shape index (κ2) is 16.2. The lowest BCUT2D eigenvalue weighted by atomic mass is 9.49. The third-order valence-electron chi connectivity index (χ3n) is 13.1. The Bertz CT molecular complexity index is 2430. The van der Waals surface area contributed by atoms with Gasteiger partial charge in [-0.15, -0.1) is 0 Å². The molecule has 1 aliphatic carbocycles. The van der Waals surface area contributed by atoms with Crippen molar-refractivity contribution in [2.24, 2.45) is 16.7 Å². The lowest BCUT2D eigenvalue weighted by molar-refractivity contribution is -0.164. The van der Waals surface area contributed by atoms with Crippen molar-refractivity contribution in [2.75, 3.05) is 55.6 Å². The number of nitrogens with one attached hydrogen (secondary N) is 2. The van der Waals surface area contributed by atoms with Crippen LogP contribution in [-0.4, -0.2) is 90.4 Å². The summed E-state index contributed by atoms with van der Waals surface area (Å²) in [6.45, 7) is 14.1. The number of aromatic nitrogens is 2. The number of carbonyl (C=O) groups is 3. The van der Waals surface area contributed by atoms with Crippen molar-refractivity contribution < 1.29 is 23.5 Å². The van der Waals surface area contributed by atoms with Gasteiger partial charge in [-0.3, -0.25) is 29.4 Å². The second-order valence-electron chi connectivity index (χ2n) is 17.8. The summed E-state index contributed by atoms with van der Waals surface area (Å²) in [7, 11) is 0. The Morgan fingerprint density at radius 3 is 2.35 bits per heavy atom. The first kappa shape index (κ1) is 41.2. The van der Waals surface area contributed by atoms with Gasteiger partial charge in [-0.2, -0.15) is 10.4 Å². The maximum Gasteiger partial charge on any atom is 0.275 e. The van der Waals surface area contributed by atoms with Gasteiger partial charge >= 0.3 is 0 Å². The second-order valence-corrected chi connectivity index (χ2v) is 18.2. The van der Waals surface area contributed by atoms with E-state index in [-0.39, 0.29) is 47.9 Å². The molecule has 1 saturated carbocycles. The van der Waals surface area contributed by atoms with Crippen molar-refractivity contribution in [1.29, 1.82) is 5.26 Å². The van der Waals surface area contributed by atoms with Crippen molar-refractivity contribution in [3.05, 3.63) is 93.1 Å². The van der Waals surface area contributed by atoms with Crippen LogP contribution in [0.3, 0.4) is 0 Å². The predicted octanol–water partition coefficient (Wildman–Crippen LogP) is 5.69. The maximum atomic E-state index is 15.7. The van der Waals surface area contributed by atoms with E-state index in [4.69, 9.17) is 16.3 Å². The Hall–Kier alpha value is -5.52. The van der Waals surface area contributed by atoms with Crippen LogP contribution in [0.4, 0.5) is 15.8 Å². The molecule has 3 aliphatic heterocycles. The van der Waals surface area contributed by atoms with E-state index in [0.29, 0.717) is 38.7 Å². The molecule has 60 heavy (non-hydrogen) atoms. The van der Waals surface area contributed by atoms with Crippen molar-refractivity contribution in [2.45, 2.75) is 71.6 Å². The number of hydrogen-bond acceptors (Lipinski definition) is 10. The molecule has 4 heterocycles. The third kappa shape index (κ3) is 7.81. The smallest absolute Gasteiger partial charge is 0.275 e. The van der Waals surface area contributed by atoms with E-state index < -0.39 is 28.6 Å². The van der Waals surface area contributed by atoms with E-state index in [0.717, 1.165) is 64.3 Å². The van der Waals surface area contributed by atoms with Gasteiger partial charge in [0.2, 0.25) is 5.91 Å². The molecule has 3 aromatic carbocycles. The van der Waals surface area contributed by atoms with Gasteiger partial charge in [-0.05, 0) is 73.7 Å². The Morgan fingerprint density at radius 1 is 0.950 bits per heavy atom. The van der Waals surface area contributed by atoms with Crippen molar-refractivity contribution in [1.82, 2.24) is 25.3 Å². The van der Waals surface area contributed by atoms with Crippen LogP contribution >= 0.6 is 11.6 Å². The van der Waals surface area contributed by atoms with Gasteiger partial charge in [-0.1, -0.05) is 39.3 Å². The molecular weight excluding hydrogens is 787 g/mol. The summed E-state index contributed by atoms with van der Waals surface area (Å²) in [5, 5.41) is 20.5. The summed E-state index contributed by atoms with van der Waals surface area (Å²) in [5.41, 5.74) is 0.943. The highest BCUT2D eigenvalue weighted by Crippen LogP contribution is 2.55. The molecule has 8 rings (SSSR count). The Morgan fingerprint density at radius 2 is 1.68 bits per heavy atom. The van der Waals surface area contributed by atoms with Crippen molar-refractivity contribution in [3.63, 3.8) is 0 Å². The van der Waals surface area contributed by atoms with Crippen molar-refractivity contribution >= 4 is 51.5 Å². The normalized spacial score (nSPS) is 23.1. The number of piperazine rings is 1. The van der Waals surface area contributed by atoms with Gasteiger partial charge in [0, 0.05) is 91.8 Å². The molecule has 2 N–H and O–H groups in total. The highest BCUT2D eigenvalue weighted by molar-refractivity contribution is 6.31. The lowest BCUT2D eigenvalue weighted by Gasteiger charge is -2.63. The fourth-order valence-electron chi connectivity index (χ4n) is 10.1. The van der Waals surface area contributed by atoms with Crippen LogP contribution < -0.4 is 30.7 Å². The van der Waals surface area contributed by atoms with Gasteiger partial charge in [0.15, 0.2) is 0 Å². The van der Waals surface area contributed by atoms with Crippen LogP contribution in [0, 0.1) is 33.9 Å². The molecule has 1 aromatic heterocycles. The molecule has 4 fully saturated rings. The number of benzene rings is 3. The van der Waals surface area contributed by atoms with Crippen LogP contribution in [0.25, 0.3) is 10.8 Å². The number of hydrogen-bond donors (Lipinski definition) is 2. The van der Waals surface area contributed by atoms with E-state index in [1.807, 2.05) is 39.8 Å². The summed E-state index contributed by atoms with van der Waals surface area (Å²) >= 11 is 6.24. The molecule has 0 bridgehead atoms. The number of nitriles is 1. The zero-order valence-electron chi connectivity index (χ0n) is 34.3. The van der Waals surface area contributed by atoms with Crippen LogP contribution in [0.2, 0.25) is 5.02 Å². The van der Waals surface area contributed by atoms with E-state index in [1.165, 1.54) is 10.7 Å². The van der Waals surface area contributed by atoms with Crippen LogP contribution in [-0.2, 0) is 9.59 Å². The first-order valence-corrected chi connectivity index (χ1v) is 21.1. The summed E-state index contributed by atoms with van der Waals surface area (Å²) in [6.07, 6.45) is 3.67. The fourth-order valence-corrected chi connectivity index (χ4v) is 10.3. The molecule has 314 valence electrons. The topological polar surface area (TPSA) is 153 Å². The zero-order valence-corrected chi connectivity index (χ0v) is 35.1.